The molecular weight excluding hydrogens is 408 g/mol. The Bertz CT molecular complexity index is 692. The van der Waals surface area contributed by atoms with Crippen LogP contribution < -0.4 is 0 Å². The van der Waals surface area contributed by atoms with E-state index < -0.39 is 0 Å². The number of nitrogens with one attached hydrogen (secondary N) is 1. The molecule has 1 aromatic rings. The summed E-state index contributed by atoms with van der Waals surface area (Å²) < 4.78 is 0. The number of thioether (sulfide) groups is 1. The molecule has 32 heavy (non-hydrogen) atoms. The SMILES string of the molecule is C=C(CCCC)N(C)C(CC(C)C(=N)S/C=C/C(Cc1ccccc1)CC(C)C)C(C)C. The van der Waals surface area contributed by atoms with Crippen molar-refractivity contribution in [3.63, 3.8) is 0 Å². The predicted octanol–water partition coefficient (Wildman–Crippen LogP) is 8.80. The average Bonchev–Trinajstić information content (AvgIpc) is 2.74. The van der Waals surface area contributed by atoms with Gasteiger partial charge in [-0.2, -0.15) is 0 Å². The van der Waals surface area contributed by atoms with Gasteiger partial charge in [0.15, 0.2) is 0 Å². The van der Waals surface area contributed by atoms with E-state index in [4.69, 9.17) is 5.41 Å². The predicted molar refractivity (Wildman–Crippen MR) is 146 cm³/mol. The molecule has 180 valence electrons. The van der Waals surface area contributed by atoms with Gasteiger partial charge in [-0.25, -0.2) is 0 Å². The lowest BCUT2D eigenvalue weighted by Crippen LogP contribution is -2.37. The molecule has 1 aromatic carbocycles. The van der Waals surface area contributed by atoms with Gasteiger partial charge in [0.1, 0.15) is 0 Å². The van der Waals surface area contributed by atoms with Crippen LogP contribution in [-0.4, -0.2) is 23.0 Å². The maximum atomic E-state index is 8.67. The summed E-state index contributed by atoms with van der Waals surface area (Å²) in [6, 6.07) is 11.2. The van der Waals surface area contributed by atoms with Gasteiger partial charge < -0.3 is 4.90 Å². The molecule has 0 saturated carbocycles. The number of allylic oxidation sites excluding steroid dienone is 2. The van der Waals surface area contributed by atoms with E-state index in [9.17, 15) is 0 Å². The minimum absolute atomic E-state index is 0.246. The molecule has 0 aliphatic carbocycles. The molecule has 0 amide bonds. The van der Waals surface area contributed by atoms with Gasteiger partial charge in [0.05, 0.1) is 5.04 Å². The van der Waals surface area contributed by atoms with Gasteiger partial charge >= 0.3 is 0 Å². The third-order valence-corrected chi connectivity index (χ3v) is 7.24. The lowest BCUT2D eigenvalue weighted by molar-refractivity contribution is 0.210. The molecule has 0 aliphatic rings. The van der Waals surface area contributed by atoms with Crippen LogP contribution in [0.1, 0.15) is 79.2 Å². The van der Waals surface area contributed by atoms with Crippen LogP contribution in [0.3, 0.4) is 0 Å². The van der Waals surface area contributed by atoms with E-state index in [1.807, 2.05) is 0 Å². The van der Waals surface area contributed by atoms with E-state index in [-0.39, 0.29) is 5.92 Å². The van der Waals surface area contributed by atoms with E-state index in [1.165, 1.54) is 30.5 Å². The maximum absolute atomic E-state index is 8.67. The zero-order valence-corrected chi connectivity index (χ0v) is 22.5. The van der Waals surface area contributed by atoms with E-state index in [2.05, 4.69) is 102 Å². The smallest absolute Gasteiger partial charge is 0.0712 e. The first-order chi connectivity index (χ1) is 15.1. The molecule has 0 saturated heterocycles. The summed E-state index contributed by atoms with van der Waals surface area (Å²) in [6.07, 6.45) is 9.04. The van der Waals surface area contributed by atoms with Crippen LogP contribution in [0.5, 0.6) is 0 Å². The first-order valence-corrected chi connectivity index (χ1v) is 13.4. The second-order valence-corrected chi connectivity index (χ2v) is 11.1. The van der Waals surface area contributed by atoms with Crippen LogP contribution in [-0.2, 0) is 6.42 Å². The van der Waals surface area contributed by atoms with Crippen molar-refractivity contribution in [1.82, 2.24) is 4.90 Å². The Kier molecular flexibility index (Phi) is 13.7. The zero-order valence-electron chi connectivity index (χ0n) is 21.7. The molecule has 3 atom stereocenters. The highest BCUT2D eigenvalue weighted by Crippen LogP contribution is 2.27. The fraction of sp³-hybridized carbons (Fsp3) is 0.621. The van der Waals surface area contributed by atoms with Gasteiger partial charge in [-0.05, 0) is 60.8 Å². The van der Waals surface area contributed by atoms with Crippen molar-refractivity contribution in [2.75, 3.05) is 7.05 Å². The van der Waals surface area contributed by atoms with Gasteiger partial charge in [0, 0.05) is 24.7 Å². The normalized spacial score (nSPS) is 14.7. The van der Waals surface area contributed by atoms with E-state index in [1.54, 1.807) is 11.8 Å². The van der Waals surface area contributed by atoms with Gasteiger partial charge in [0.25, 0.3) is 0 Å². The van der Waals surface area contributed by atoms with Crippen molar-refractivity contribution in [1.29, 1.82) is 5.41 Å². The highest BCUT2D eigenvalue weighted by molar-refractivity contribution is 8.16. The Morgan fingerprint density at radius 1 is 1.09 bits per heavy atom. The molecule has 0 aromatic heterocycles. The van der Waals surface area contributed by atoms with Crippen molar-refractivity contribution in [2.45, 2.75) is 86.1 Å². The van der Waals surface area contributed by atoms with Gasteiger partial charge in [0.2, 0.25) is 0 Å². The highest BCUT2D eigenvalue weighted by atomic mass is 32.2. The third kappa shape index (κ3) is 10.9. The van der Waals surface area contributed by atoms with Crippen molar-refractivity contribution in [2.24, 2.45) is 23.7 Å². The highest BCUT2D eigenvalue weighted by Gasteiger charge is 2.24. The summed E-state index contributed by atoms with van der Waals surface area (Å²) in [5.41, 5.74) is 2.62. The quantitative estimate of drug-likeness (QED) is 0.211. The van der Waals surface area contributed by atoms with Crippen molar-refractivity contribution >= 4 is 16.8 Å². The van der Waals surface area contributed by atoms with E-state index in [0.29, 0.717) is 23.8 Å². The average molecular weight is 457 g/mol. The van der Waals surface area contributed by atoms with Gasteiger partial charge in [-0.3, -0.25) is 5.41 Å². The summed E-state index contributed by atoms with van der Waals surface area (Å²) in [5, 5.41) is 11.6. The molecule has 1 N–H and O–H groups in total. The summed E-state index contributed by atoms with van der Waals surface area (Å²) >= 11 is 1.60. The molecule has 0 fully saturated rings. The Labute approximate surface area is 203 Å². The number of hydrogen-bond donors (Lipinski definition) is 1. The number of benzene rings is 1. The first-order valence-electron chi connectivity index (χ1n) is 12.5. The number of rotatable bonds is 15. The minimum Gasteiger partial charge on any atom is -0.375 e. The van der Waals surface area contributed by atoms with E-state index >= 15 is 0 Å². The molecule has 0 radical (unpaired) electrons. The topological polar surface area (TPSA) is 27.1 Å². The third-order valence-electron chi connectivity index (χ3n) is 6.29. The Morgan fingerprint density at radius 3 is 2.31 bits per heavy atom. The number of hydrogen-bond acceptors (Lipinski definition) is 3. The zero-order chi connectivity index (χ0) is 24.1. The van der Waals surface area contributed by atoms with Gasteiger partial charge in [-0.15, -0.1) is 0 Å². The fourth-order valence-corrected chi connectivity index (χ4v) is 5.01. The Balaban J connectivity index is 2.68. The molecule has 3 heteroatoms. The second-order valence-electron chi connectivity index (χ2n) is 10.1. The molecule has 0 aliphatic heterocycles. The molecule has 2 nitrogen and oxygen atoms in total. The largest absolute Gasteiger partial charge is 0.375 e. The molecule has 0 heterocycles. The van der Waals surface area contributed by atoms with E-state index in [0.717, 1.165) is 24.3 Å². The molecular formula is C29H48N2S. The standard InChI is InChI=1S/C29H48N2S/c1-9-10-14-25(7)31(8)28(23(4)5)20-24(6)29(30)32-18-17-27(19-22(2)3)21-26-15-12-11-13-16-26/h11-13,15-18,22-24,27-28,30H,7,9-10,14,19-21H2,1-6,8H3/b18-17+,30-29?. The number of nitrogens with zero attached hydrogens (tertiary/aromatic N) is 1. The first kappa shape index (κ1) is 28.6. The van der Waals surface area contributed by atoms with Crippen LogP contribution in [0.2, 0.25) is 0 Å². The Hall–Kier alpha value is -1.48. The molecule has 0 bridgehead atoms. The van der Waals surface area contributed by atoms with Crippen LogP contribution in [0.15, 0.2) is 54.1 Å². The second kappa shape index (κ2) is 15.4. The fourth-order valence-electron chi connectivity index (χ4n) is 4.23. The minimum atomic E-state index is 0.246. The lowest BCUT2D eigenvalue weighted by atomic mass is 9.91. The van der Waals surface area contributed by atoms with Crippen molar-refractivity contribution < 1.29 is 0 Å². The summed E-state index contributed by atoms with van der Waals surface area (Å²) in [4.78, 5) is 2.38. The Morgan fingerprint density at radius 2 is 1.75 bits per heavy atom. The summed E-state index contributed by atoms with van der Waals surface area (Å²) in [6.45, 7) is 17.9. The monoisotopic (exact) mass is 456 g/mol. The van der Waals surface area contributed by atoms with Crippen LogP contribution in [0.25, 0.3) is 0 Å². The molecule has 1 rings (SSSR count). The van der Waals surface area contributed by atoms with Crippen LogP contribution in [0, 0.1) is 29.1 Å². The molecule has 0 spiro atoms. The van der Waals surface area contributed by atoms with Crippen LogP contribution >= 0.6 is 11.8 Å². The molecule has 3 unspecified atom stereocenters. The summed E-state index contributed by atoms with van der Waals surface area (Å²) in [5.74, 6) is 1.97. The number of unbranched alkanes of at least 4 members (excludes halogenated alkanes) is 1. The summed E-state index contributed by atoms with van der Waals surface area (Å²) in [7, 11) is 2.19. The van der Waals surface area contributed by atoms with Crippen LogP contribution in [0.4, 0.5) is 0 Å². The van der Waals surface area contributed by atoms with Crippen molar-refractivity contribution in [3.8, 4) is 0 Å². The maximum Gasteiger partial charge on any atom is 0.0712 e. The van der Waals surface area contributed by atoms with Gasteiger partial charge in [-0.1, -0.05) is 103 Å². The lowest BCUT2D eigenvalue weighted by Gasteiger charge is -2.36. The van der Waals surface area contributed by atoms with Crippen molar-refractivity contribution in [3.05, 3.63) is 59.7 Å².